The van der Waals surface area contributed by atoms with Crippen molar-refractivity contribution in [2.75, 3.05) is 6.61 Å². The first-order valence-electron chi connectivity index (χ1n) is 6.06. The van der Waals surface area contributed by atoms with Crippen LogP contribution in [0.2, 0.25) is 0 Å². The molecule has 0 saturated carbocycles. The summed E-state index contributed by atoms with van der Waals surface area (Å²) >= 11 is 0. The molecule has 2 atom stereocenters. The maximum atomic E-state index is 12.0. The number of aryl methyl sites for hydroxylation is 1. The molecule has 1 heterocycles. The number of ether oxygens (including phenoxy) is 1. The van der Waals surface area contributed by atoms with Crippen LogP contribution in [0.15, 0.2) is 6.20 Å². The zero-order valence-electron chi connectivity index (χ0n) is 11.3. The average molecular weight is 272 g/mol. The number of carbonyl (C=O) groups is 1. The lowest BCUT2D eigenvalue weighted by atomic mass is 10.3. The van der Waals surface area contributed by atoms with Gasteiger partial charge in [0.25, 0.3) is 0 Å². The molecule has 0 saturated heterocycles. The molecule has 1 rings (SSSR count). The Morgan fingerprint density at radius 2 is 2.22 bits per heavy atom. The molecule has 0 radical (unpaired) electrons. The summed E-state index contributed by atoms with van der Waals surface area (Å²) in [5.41, 5.74) is 1.09. The van der Waals surface area contributed by atoms with E-state index in [0.29, 0.717) is 23.6 Å². The fourth-order valence-corrected chi connectivity index (χ4v) is 2.74. The molecule has 0 fully saturated rings. The van der Waals surface area contributed by atoms with Gasteiger partial charge in [-0.2, -0.15) is 5.10 Å². The SMILES string of the molecule is CCOC(=O)c1cnn(C)c1CS(=O)C(C)CC. The summed E-state index contributed by atoms with van der Waals surface area (Å²) in [6.07, 6.45) is 2.32. The summed E-state index contributed by atoms with van der Waals surface area (Å²) in [5, 5.41) is 4.15. The van der Waals surface area contributed by atoms with Crippen LogP contribution < -0.4 is 0 Å². The Balaban J connectivity index is 2.91. The number of carbonyl (C=O) groups excluding carboxylic acids is 1. The van der Waals surface area contributed by atoms with Crippen LogP contribution in [0, 0.1) is 0 Å². The molecule has 102 valence electrons. The second-order valence-electron chi connectivity index (χ2n) is 4.09. The fraction of sp³-hybridized carbons (Fsp3) is 0.667. The van der Waals surface area contributed by atoms with Gasteiger partial charge in [0, 0.05) is 23.1 Å². The Labute approximate surface area is 110 Å². The van der Waals surface area contributed by atoms with Gasteiger partial charge in [-0.3, -0.25) is 8.89 Å². The second-order valence-corrected chi connectivity index (χ2v) is 5.95. The molecule has 1 aromatic rings. The summed E-state index contributed by atoms with van der Waals surface area (Å²) in [6.45, 7) is 6.02. The number of hydrogen-bond donors (Lipinski definition) is 0. The highest BCUT2D eigenvalue weighted by molar-refractivity contribution is 7.84. The van der Waals surface area contributed by atoms with E-state index in [1.807, 2.05) is 13.8 Å². The van der Waals surface area contributed by atoms with Crippen LogP contribution in [-0.4, -0.2) is 31.8 Å². The molecular weight excluding hydrogens is 252 g/mol. The normalized spacial score (nSPS) is 14.2. The first-order valence-corrected chi connectivity index (χ1v) is 7.44. The van der Waals surface area contributed by atoms with Gasteiger partial charge in [-0.15, -0.1) is 0 Å². The van der Waals surface area contributed by atoms with Crippen molar-refractivity contribution in [1.82, 2.24) is 9.78 Å². The number of rotatable bonds is 6. The van der Waals surface area contributed by atoms with Crippen molar-refractivity contribution in [3.63, 3.8) is 0 Å². The molecule has 0 aliphatic carbocycles. The highest BCUT2D eigenvalue weighted by Crippen LogP contribution is 2.14. The highest BCUT2D eigenvalue weighted by Gasteiger charge is 2.20. The summed E-state index contributed by atoms with van der Waals surface area (Å²) in [5.74, 6) is -0.0682. The maximum absolute atomic E-state index is 12.0. The van der Waals surface area contributed by atoms with Crippen molar-refractivity contribution in [1.29, 1.82) is 0 Å². The lowest BCUT2D eigenvalue weighted by molar-refractivity contribution is 0.0525. The molecule has 0 amide bonds. The molecular formula is C12H20N2O3S. The van der Waals surface area contributed by atoms with Gasteiger partial charge >= 0.3 is 5.97 Å². The van der Waals surface area contributed by atoms with Gasteiger partial charge in [0.05, 0.1) is 24.3 Å². The topological polar surface area (TPSA) is 61.2 Å². The van der Waals surface area contributed by atoms with Gasteiger partial charge in [0.2, 0.25) is 0 Å². The minimum atomic E-state index is -1.00. The molecule has 18 heavy (non-hydrogen) atoms. The molecule has 0 N–H and O–H groups in total. The van der Waals surface area contributed by atoms with Gasteiger partial charge in [0.1, 0.15) is 5.56 Å². The van der Waals surface area contributed by atoms with Crippen molar-refractivity contribution in [3.8, 4) is 0 Å². The summed E-state index contributed by atoms with van der Waals surface area (Å²) in [4.78, 5) is 11.7. The summed E-state index contributed by atoms with van der Waals surface area (Å²) in [7, 11) is 0.738. The molecule has 2 unspecified atom stereocenters. The van der Waals surface area contributed by atoms with Crippen molar-refractivity contribution >= 4 is 16.8 Å². The van der Waals surface area contributed by atoms with Gasteiger partial charge in [0.15, 0.2) is 0 Å². The molecule has 0 aliphatic rings. The van der Waals surface area contributed by atoms with E-state index >= 15 is 0 Å². The van der Waals surface area contributed by atoms with Crippen molar-refractivity contribution in [2.24, 2.45) is 7.05 Å². The molecule has 6 heteroatoms. The van der Waals surface area contributed by atoms with Crippen LogP contribution >= 0.6 is 0 Å². The minimum absolute atomic E-state index is 0.106. The Kier molecular flexibility index (Phi) is 5.53. The first-order chi connectivity index (χ1) is 8.51. The molecule has 5 nitrogen and oxygen atoms in total. The number of aromatic nitrogens is 2. The van der Waals surface area contributed by atoms with E-state index in [0.717, 1.165) is 6.42 Å². The van der Waals surface area contributed by atoms with Gasteiger partial charge in [-0.25, -0.2) is 4.79 Å². The van der Waals surface area contributed by atoms with Crippen LogP contribution in [0.1, 0.15) is 43.2 Å². The predicted molar refractivity (Wildman–Crippen MR) is 70.8 cm³/mol. The third kappa shape index (κ3) is 3.41. The number of esters is 1. The van der Waals surface area contributed by atoms with Crippen molar-refractivity contribution in [3.05, 3.63) is 17.5 Å². The molecule has 0 bridgehead atoms. The Morgan fingerprint density at radius 1 is 1.56 bits per heavy atom. The van der Waals surface area contributed by atoms with Crippen molar-refractivity contribution in [2.45, 2.75) is 38.2 Å². The third-order valence-corrected chi connectivity index (χ3v) is 4.65. The Bertz CT molecular complexity index is 443. The van der Waals surface area contributed by atoms with Crippen LogP contribution in [0.4, 0.5) is 0 Å². The van der Waals surface area contributed by atoms with E-state index in [9.17, 15) is 9.00 Å². The van der Waals surface area contributed by atoms with Gasteiger partial charge in [-0.05, 0) is 13.3 Å². The lowest BCUT2D eigenvalue weighted by Crippen LogP contribution is -2.16. The smallest absolute Gasteiger partial charge is 0.341 e. The van der Waals surface area contributed by atoms with E-state index in [-0.39, 0.29) is 5.25 Å². The standard InChI is InChI=1S/C12H20N2O3S/c1-5-9(3)18(16)8-11-10(7-13-14(11)4)12(15)17-6-2/h7,9H,5-6,8H2,1-4H3. The largest absolute Gasteiger partial charge is 0.462 e. The van der Waals surface area contributed by atoms with E-state index in [1.165, 1.54) is 6.20 Å². The van der Waals surface area contributed by atoms with Gasteiger partial charge < -0.3 is 4.74 Å². The molecule has 0 spiro atoms. The number of nitrogens with zero attached hydrogens (tertiary/aromatic N) is 2. The Hall–Kier alpha value is -1.17. The van der Waals surface area contributed by atoms with Crippen LogP contribution in [0.5, 0.6) is 0 Å². The lowest BCUT2D eigenvalue weighted by Gasteiger charge is -2.10. The summed E-state index contributed by atoms with van der Waals surface area (Å²) < 4.78 is 18.6. The minimum Gasteiger partial charge on any atom is -0.462 e. The van der Waals surface area contributed by atoms with Crippen LogP contribution in [0.25, 0.3) is 0 Å². The van der Waals surface area contributed by atoms with E-state index in [4.69, 9.17) is 4.74 Å². The van der Waals surface area contributed by atoms with E-state index < -0.39 is 16.8 Å². The summed E-state index contributed by atoms with van der Waals surface area (Å²) in [6, 6.07) is 0. The second kappa shape index (κ2) is 6.68. The van der Waals surface area contributed by atoms with E-state index in [1.54, 1.807) is 18.7 Å². The molecule has 0 aromatic carbocycles. The quantitative estimate of drug-likeness (QED) is 0.739. The zero-order valence-corrected chi connectivity index (χ0v) is 12.1. The first kappa shape index (κ1) is 14.9. The van der Waals surface area contributed by atoms with Gasteiger partial charge in [-0.1, -0.05) is 13.8 Å². The molecule has 0 aliphatic heterocycles. The molecule has 1 aromatic heterocycles. The predicted octanol–water partition coefficient (Wildman–Crippen LogP) is 1.64. The average Bonchev–Trinajstić information content (AvgIpc) is 2.70. The maximum Gasteiger partial charge on any atom is 0.341 e. The van der Waals surface area contributed by atoms with Crippen molar-refractivity contribution < 1.29 is 13.7 Å². The number of hydrogen-bond acceptors (Lipinski definition) is 4. The third-order valence-electron chi connectivity index (χ3n) is 2.86. The zero-order chi connectivity index (χ0) is 13.7. The van der Waals surface area contributed by atoms with Crippen LogP contribution in [0.3, 0.4) is 0 Å². The Morgan fingerprint density at radius 3 is 2.78 bits per heavy atom. The van der Waals surface area contributed by atoms with E-state index in [2.05, 4.69) is 5.10 Å². The fourth-order valence-electron chi connectivity index (χ4n) is 1.48. The highest BCUT2D eigenvalue weighted by atomic mass is 32.2. The monoisotopic (exact) mass is 272 g/mol. The van der Waals surface area contributed by atoms with Crippen LogP contribution in [-0.2, 0) is 28.3 Å².